The molecule has 0 aromatic carbocycles. The van der Waals surface area contributed by atoms with Crippen LogP contribution >= 0.6 is 11.3 Å². The number of aromatic nitrogens is 3. The van der Waals surface area contributed by atoms with Crippen molar-refractivity contribution >= 4 is 11.3 Å². The summed E-state index contributed by atoms with van der Waals surface area (Å²) in [5.74, 6) is 0.681. The molecule has 2 aromatic rings. The molecule has 3 heterocycles. The Kier molecular flexibility index (Phi) is 4.83. The van der Waals surface area contributed by atoms with Crippen molar-refractivity contribution in [1.29, 1.82) is 0 Å². The smallest absolute Gasteiger partial charge is 0.433 e. The highest BCUT2D eigenvalue weighted by Gasteiger charge is 2.33. The van der Waals surface area contributed by atoms with Crippen LogP contribution in [0, 0.1) is 0 Å². The average Bonchev–Trinajstić information content (AvgIpc) is 3.36. The lowest BCUT2D eigenvalue weighted by atomic mass is 10.1. The summed E-state index contributed by atoms with van der Waals surface area (Å²) in [5, 5.41) is 3.38. The molecule has 4 rings (SSSR count). The number of rotatable bonds is 5. The largest absolute Gasteiger partial charge is 0.460 e. The zero-order valence-electron chi connectivity index (χ0n) is 14.1. The fourth-order valence-corrected chi connectivity index (χ4v) is 4.01. The van der Waals surface area contributed by atoms with Gasteiger partial charge in [0.15, 0.2) is 5.69 Å². The molecule has 1 aliphatic heterocycles. The van der Waals surface area contributed by atoms with E-state index in [0.29, 0.717) is 5.92 Å². The first-order chi connectivity index (χ1) is 12.5. The lowest BCUT2D eigenvalue weighted by Gasteiger charge is -2.31. The molecular weight excluding hydrogens is 365 g/mol. The molecule has 9 heteroatoms. The highest BCUT2D eigenvalue weighted by Crippen LogP contribution is 2.41. The second kappa shape index (κ2) is 7.11. The first-order valence-electron chi connectivity index (χ1n) is 8.71. The first kappa shape index (κ1) is 17.7. The van der Waals surface area contributed by atoms with Crippen LogP contribution in [0.15, 0.2) is 17.6 Å². The lowest BCUT2D eigenvalue weighted by molar-refractivity contribution is -0.141. The minimum atomic E-state index is -4.49. The Morgan fingerprint density at radius 3 is 2.62 bits per heavy atom. The molecule has 0 bridgehead atoms. The Morgan fingerprint density at radius 2 is 1.92 bits per heavy atom. The number of hydrogen-bond acceptors (Lipinski definition) is 6. The molecule has 0 radical (unpaired) electrons. The molecule has 0 spiro atoms. The second-order valence-corrected chi connectivity index (χ2v) is 7.66. The van der Waals surface area contributed by atoms with Gasteiger partial charge in [0.05, 0.1) is 10.7 Å². The number of likely N-dealkylation sites (tertiary alicyclic amines) is 1. The van der Waals surface area contributed by atoms with Crippen molar-refractivity contribution in [2.45, 2.75) is 50.4 Å². The van der Waals surface area contributed by atoms with E-state index in [4.69, 9.17) is 9.72 Å². The molecular formula is C17H19F3N4OS. The van der Waals surface area contributed by atoms with E-state index in [9.17, 15) is 13.2 Å². The molecule has 0 atom stereocenters. The number of hydrogen-bond donors (Lipinski definition) is 0. The number of piperidine rings is 1. The Morgan fingerprint density at radius 1 is 1.15 bits per heavy atom. The summed E-state index contributed by atoms with van der Waals surface area (Å²) in [7, 11) is 0. The SMILES string of the molecule is FC(F)(F)c1ccnc(OC2CCN(Cc3csc(C4CC4)n3)CC2)n1. The second-order valence-electron chi connectivity index (χ2n) is 6.77. The Balaban J connectivity index is 1.28. The van der Waals surface area contributed by atoms with Crippen LogP contribution in [0.25, 0.3) is 0 Å². The number of nitrogens with zero attached hydrogens (tertiary/aromatic N) is 4. The average molecular weight is 384 g/mol. The van der Waals surface area contributed by atoms with Crippen LogP contribution in [0.5, 0.6) is 6.01 Å². The highest BCUT2D eigenvalue weighted by molar-refractivity contribution is 7.09. The highest BCUT2D eigenvalue weighted by atomic mass is 32.1. The normalized spacial score (nSPS) is 19.7. The molecule has 0 unspecified atom stereocenters. The van der Waals surface area contributed by atoms with Gasteiger partial charge in [-0.3, -0.25) is 4.90 Å². The summed E-state index contributed by atoms with van der Waals surface area (Å²) in [6.07, 6.45) is 0.420. The molecule has 140 valence electrons. The van der Waals surface area contributed by atoms with E-state index in [2.05, 4.69) is 20.2 Å². The van der Waals surface area contributed by atoms with Crippen LogP contribution < -0.4 is 4.74 Å². The van der Waals surface area contributed by atoms with E-state index >= 15 is 0 Å². The predicted molar refractivity (Wildman–Crippen MR) is 90.1 cm³/mol. The third-order valence-electron chi connectivity index (χ3n) is 4.61. The molecule has 1 aliphatic carbocycles. The summed E-state index contributed by atoms with van der Waals surface area (Å²) < 4.78 is 43.7. The topological polar surface area (TPSA) is 51.1 Å². The van der Waals surface area contributed by atoms with Crippen LogP contribution in [0.4, 0.5) is 13.2 Å². The zero-order valence-corrected chi connectivity index (χ0v) is 14.9. The Hall–Kier alpha value is -1.74. The monoisotopic (exact) mass is 384 g/mol. The van der Waals surface area contributed by atoms with Crippen LogP contribution in [-0.4, -0.2) is 39.0 Å². The van der Waals surface area contributed by atoms with Gasteiger partial charge in [-0.1, -0.05) is 0 Å². The maximum Gasteiger partial charge on any atom is 0.433 e. The van der Waals surface area contributed by atoms with Gasteiger partial charge in [0, 0.05) is 37.1 Å². The van der Waals surface area contributed by atoms with Gasteiger partial charge in [0.1, 0.15) is 6.10 Å². The van der Waals surface area contributed by atoms with Gasteiger partial charge < -0.3 is 4.74 Å². The van der Waals surface area contributed by atoms with E-state index in [0.717, 1.165) is 50.4 Å². The third-order valence-corrected chi connectivity index (χ3v) is 5.67. The van der Waals surface area contributed by atoms with E-state index in [1.54, 1.807) is 11.3 Å². The van der Waals surface area contributed by atoms with Crippen molar-refractivity contribution in [2.75, 3.05) is 13.1 Å². The molecule has 2 fully saturated rings. The molecule has 1 saturated heterocycles. The van der Waals surface area contributed by atoms with Crippen molar-refractivity contribution in [3.8, 4) is 6.01 Å². The maximum atomic E-state index is 12.7. The van der Waals surface area contributed by atoms with Crippen molar-refractivity contribution in [3.05, 3.63) is 34.0 Å². The summed E-state index contributed by atoms with van der Waals surface area (Å²) >= 11 is 1.74. The van der Waals surface area contributed by atoms with Crippen LogP contribution in [0.2, 0.25) is 0 Å². The van der Waals surface area contributed by atoms with Crippen molar-refractivity contribution in [3.63, 3.8) is 0 Å². The van der Waals surface area contributed by atoms with Crippen molar-refractivity contribution < 1.29 is 17.9 Å². The summed E-state index contributed by atoms with van der Waals surface area (Å²) in [6, 6.07) is 0.644. The van der Waals surface area contributed by atoms with Crippen LogP contribution in [0.3, 0.4) is 0 Å². The summed E-state index contributed by atoms with van der Waals surface area (Å²) in [5.41, 5.74) is 0.132. The van der Waals surface area contributed by atoms with Crippen molar-refractivity contribution in [2.24, 2.45) is 0 Å². The molecule has 26 heavy (non-hydrogen) atoms. The first-order valence-corrected chi connectivity index (χ1v) is 9.59. The fourth-order valence-electron chi connectivity index (χ4n) is 3.03. The Bertz CT molecular complexity index is 754. The Labute approximate surface area is 153 Å². The number of ether oxygens (including phenoxy) is 1. The summed E-state index contributed by atoms with van der Waals surface area (Å²) in [6.45, 7) is 2.45. The molecule has 0 amide bonds. The number of halogens is 3. The third kappa shape index (κ3) is 4.32. The quantitative estimate of drug-likeness (QED) is 0.783. The lowest BCUT2D eigenvalue weighted by Crippen LogP contribution is -2.38. The number of thiazole rings is 1. The van der Waals surface area contributed by atoms with Gasteiger partial charge in [-0.05, 0) is 31.7 Å². The van der Waals surface area contributed by atoms with E-state index in [1.807, 2.05) is 0 Å². The standard InChI is InChI=1S/C17H19F3N4OS/c18-17(19,20)14-3-6-21-16(23-14)25-13-4-7-24(8-5-13)9-12-10-26-15(22-12)11-1-2-11/h3,6,10-11,13H,1-2,4-5,7-9H2. The molecule has 1 saturated carbocycles. The van der Waals surface area contributed by atoms with Gasteiger partial charge >= 0.3 is 12.2 Å². The minimum absolute atomic E-state index is 0.160. The van der Waals surface area contributed by atoms with E-state index in [1.165, 1.54) is 17.8 Å². The maximum absolute atomic E-state index is 12.7. The number of alkyl halides is 3. The van der Waals surface area contributed by atoms with Gasteiger partial charge in [0.25, 0.3) is 0 Å². The van der Waals surface area contributed by atoms with Gasteiger partial charge in [-0.15, -0.1) is 11.3 Å². The van der Waals surface area contributed by atoms with Crippen LogP contribution in [0.1, 0.15) is 48.0 Å². The molecule has 0 N–H and O–H groups in total. The summed E-state index contributed by atoms with van der Waals surface area (Å²) in [4.78, 5) is 14.3. The van der Waals surface area contributed by atoms with E-state index < -0.39 is 11.9 Å². The molecule has 2 aromatic heterocycles. The minimum Gasteiger partial charge on any atom is -0.460 e. The van der Waals surface area contributed by atoms with Crippen LogP contribution in [-0.2, 0) is 12.7 Å². The molecule has 2 aliphatic rings. The van der Waals surface area contributed by atoms with Gasteiger partial charge in [-0.2, -0.15) is 18.2 Å². The van der Waals surface area contributed by atoms with Gasteiger partial charge in [0.2, 0.25) is 0 Å². The zero-order chi connectivity index (χ0) is 18.1. The van der Waals surface area contributed by atoms with E-state index in [-0.39, 0.29) is 12.1 Å². The molecule has 5 nitrogen and oxygen atoms in total. The fraction of sp³-hybridized carbons (Fsp3) is 0.588. The predicted octanol–water partition coefficient (Wildman–Crippen LogP) is 3.87. The van der Waals surface area contributed by atoms with Crippen molar-refractivity contribution in [1.82, 2.24) is 19.9 Å². The van der Waals surface area contributed by atoms with Gasteiger partial charge in [-0.25, -0.2) is 9.97 Å².